The van der Waals surface area contributed by atoms with Gasteiger partial charge in [0.1, 0.15) is 0 Å². The fraction of sp³-hybridized carbons (Fsp3) is 1.00. The van der Waals surface area contributed by atoms with Crippen molar-refractivity contribution in [3.63, 3.8) is 0 Å². The maximum absolute atomic E-state index is 1.70. The molecule has 0 heteroatoms. The Hall–Kier alpha value is 0. The Labute approximate surface area is 92.8 Å². The molecule has 5 aliphatic rings. The zero-order valence-corrected chi connectivity index (χ0v) is 9.67. The van der Waals surface area contributed by atoms with Gasteiger partial charge < -0.3 is 0 Å². The zero-order chi connectivity index (χ0) is 9.67. The second-order valence-electron chi connectivity index (χ2n) is 7.25. The van der Waals surface area contributed by atoms with Crippen molar-refractivity contribution >= 4 is 0 Å². The molecule has 2 spiro atoms. The maximum Gasteiger partial charge on any atom is -0.0167 e. The van der Waals surface area contributed by atoms with E-state index in [1.807, 2.05) is 0 Å². The molecule has 4 atom stereocenters. The van der Waals surface area contributed by atoms with Gasteiger partial charge >= 0.3 is 0 Å². The van der Waals surface area contributed by atoms with Crippen molar-refractivity contribution < 1.29 is 0 Å². The minimum atomic E-state index is 0.989. The van der Waals surface area contributed by atoms with Gasteiger partial charge in [-0.1, -0.05) is 25.7 Å². The molecule has 0 radical (unpaired) electrons. The Morgan fingerprint density at radius 2 is 0.867 bits per heavy atom. The average Bonchev–Trinajstić information content (AvgIpc) is 3.23. The molecule has 0 saturated heterocycles. The molecule has 5 aliphatic carbocycles. The summed E-state index contributed by atoms with van der Waals surface area (Å²) in [4.78, 5) is 0. The average molecular weight is 202 g/mol. The van der Waals surface area contributed by atoms with Crippen LogP contribution in [0.1, 0.15) is 57.8 Å². The van der Waals surface area contributed by atoms with Gasteiger partial charge in [0, 0.05) is 0 Å². The normalized spacial score (nSPS) is 68.8. The van der Waals surface area contributed by atoms with Gasteiger partial charge in [0.05, 0.1) is 0 Å². The van der Waals surface area contributed by atoms with Crippen LogP contribution in [0.4, 0.5) is 0 Å². The second kappa shape index (κ2) is 2.17. The molecular weight excluding hydrogens is 180 g/mol. The molecule has 0 N–H and O–H groups in total. The van der Waals surface area contributed by atoms with Crippen LogP contribution in [0.3, 0.4) is 0 Å². The fourth-order valence-corrected chi connectivity index (χ4v) is 6.85. The molecule has 4 unspecified atom stereocenters. The predicted octanol–water partition coefficient (Wildman–Crippen LogP) is 4.00. The van der Waals surface area contributed by atoms with Gasteiger partial charge in [-0.25, -0.2) is 0 Å². The van der Waals surface area contributed by atoms with E-state index >= 15 is 0 Å². The van der Waals surface area contributed by atoms with E-state index in [-0.39, 0.29) is 0 Å². The fourth-order valence-electron chi connectivity index (χ4n) is 6.85. The first-order valence-electron chi connectivity index (χ1n) is 7.41. The molecular formula is C15H22. The Kier molecular flexibility index (Phi) is 1.18. The topological polar surface area (TPSA) is 0 Å². The molecule has 82 valence electrons. The van der Waals surface area contributed by atoms with Crippen molar-refractivity contribution in [3.05, 3.63) is 0 Å². The van der Waals surface area contributed by atoms with Crippen LogP contribution in [-0.2, 0) is 0 Å². The molecule has 0 amide bonds. The standard InChI is InChI=1S/C15H22/c1-2-6-11-10(5-1)14(11)9-15(14)12-7-3-4-8-13(12)15/h10-13H,1-9H2. The molecule has 15 heavy (non-hydrogen) atoms. The van der Waals surface area contributed by atoms with Crippen LogP contribution in [0.5, 0.6) is 0 Å². The summed E-state index contributed by atoms with van der Waals surface area (Å²) < 4.78 is 0. The quantitative estimate of drug-likeness (QED) is 0.557. The van der Waals surface area contributed by atoms with E-state index in [0.717, 1.165) is 10.8 Å². The van der Waals surface area contributed by atoms with E-state index in [1.54, 1.807) is 57.8 Å². The highest BCUT2D eigenvalue weighted by Crippen LogP contribution is 3.00. The monoisotopic (exact) mass is 202 g/mol. The largest absolute Gasteiger partial charge is 0.0530 e. The Morgan fingerprint density at radius 3 is 1.20 bits per heavy atom. The van der Waals surface area contributed by atoms with E-state index in [9.17, 15) is 0 Å². The van der Waals surface area contributed by atoms with Crippen LogP contribution < -0.4 is 0 Å². The number of fused-ring (bicyclic) bond motifs is 7. The molecule has 0 bridgehead atoms. The highest BCUT2D eigenvalue weighted by atomic mass is 15.0. The molecule has 0 aromatic heterocycles. The minimum Gasteiger partial charge on any atom is -0.0530 e. The van der Waals surface area contributed by atoms with E-state index in [0.29, 0.717) is 0 Å². The molecule has 5 saturated carbocycles. The van der Waals surface area contributed by atoms with Crippen molar-refractivity contribution in [2.75, 3.05) is 0 Å². The van der Waals surface area contributed by atoms with Crippen molar-refractivity contribution in [2.24, 2.45) is 34.5 Å². The first-order chi connectivity index (χ1) is 7.41. The molecule has 0 aromatic carbocycles. The van der Waals surface area contributed by atoms with Gasteiger partial charge in [-0.2, -0.15) is 0 Å². The smallest absolute Gasteiger partial charge is 0.0167 e. The molecule has 5 fully saturated rings. The molecule has 0 heterocycles. The maximum atomic E-state index is 1.70. The van der Waals surface area contributed by atoms with Crippen LogP contribution in [0, 0.1) is 34.5 Å². The predicted molar refractivity (Wildman–Crippen MR) is 60.4 cm³/mol. The highest BCUT2D eigenvalue weighted by molar-refractivity contribution is 5.41. The van der Waals surface area contributed by atoms with E-state index in [2.05, 4.69) is 0 Å². The second-order valence-corrected chi connectivity index (χ2v) is 7.25. The molecule has 0 nitrogen and oxygen atoms in total. The summed E-state index contributed by atoms with van der Waals surface area (Å²) in [6, 6.07) is 0. The van der Waals surface area contributed by atoms with Crippen molar-refractivity contribution in [1.29, 1.82) is 0 Å². The SMILES string of the molecule is C1CCC2C(C1)C21CC12C1CCCCC12. The summed E-state index contributed by atoms with van der Waals surface area (Å²) in [7, 11) is 0. The summed E-state index contributed by atoms with van der Waals surface area (Å²) in [5, 5.41) is 0. The number of rotatable bonds is 0. The number of hydrogen-bond acceptors (Lipinski definition) is 0. The molecule has 0 aromatic rings. The third-order valence-electron chi connectivity index (χ3n) is 7.29. The van der Waals surface area contributed by atoms with Crippen molar-refractivity contribution in [1.82, 2.24) is 0 Å². The van der Waals surface area contributed by atoms with Crippen LogP contribution in [0.15, 0.2) is 0 Å². The Bertz CT molecular complexity index is 273. The van der Waals surface area contributed by atoms with Crippen LogP contribution >= 0.6 is 0 Å². The van der Waals surface area contributed by atoms with Crippen LogP contribution in [-0.4, -0.2) is 0 Å². The summed E-state index contributed by atoms with van der Waals surface area (Å²) in [5.41, 5.74) is 1.98. The third-order valence-corrected chi connectivity index (χ3v) is 7.29. The Balaban J connectivity index is 1.47. The van der Waals surface area contributed by atoms with Gasteiger partial charge in [-0.3, -0.25) is 0 Å². The van der Waals surface area contributed by atoms with Crippen molar-refractivity contribution in [3.8, 4) is 0 Å². The lowest BCUT2D eigenvalue weighted by Crippen LogP contribution is -1.91. The lowest BCUT2D eigenvalue weighted by molar-refractivity contribution is 0.480. The van der Waals surface area contributed by atoms with Crippen molar-refractivity contribution in [2.45, 2.75) is 57.8 Å². The van der Waals surface area contributed by atoms with E-state index < -0.39 is 0 Å². The van der Waals surface area contributed by atoms with Gasteiger partial charge in [0.2, 0.25) is 0 Å². The van der Waals surface area contributed by atoms with Crippen LogP contribution in [0.2, 0.25) is 0 Å². The van der Waals surface area contributed by atoms with Gasteiger partial charge in [0.25, 0.3) is 0 Å². The summed E-state index contributed by atoms with van der Waals surface area (Å²) in [6.45, 7) is 0. The summed E-state index contributed by atoms with van der Waals surface area (Å²) in [5.74, 6) is 4.93. The first-order valence-corrected chi connectivity index (χ1v) is 7.41. The van der Waals surface area contributed by atoms with Gasteiger partial charge in [0.15, 0.2) is 0 Å². The first kappa shape index (κ1) is 8.14. The van der Waals surface area contributed by atoms with E-state index in [4.69, 9.17) is 0 Å². The highest BCUT2D eigenvalue weighted by Gasteiger charge is 2.94. The lowest BCUT2D eigenvalue weighted by Gasteiger charge is -2.04. The van der Waals surface area contributed by atoms with Gasteiger partial charge in [-0.15, -0.1) is 0 Å². The number of hydrogen-bond donors (Lipinski definition) is 0. The molecule has 0 aliphatic heterocycles. The summed E-state index contributed by atoms with van der Waals surface area (Å²) >= 11 is 0. The van der Waals surface area contributed by atoms with Gasteiger partial charge in [-0.05, 0) is 66.6 Å². The van der Waals surface area contributed by atoms with Crippen LogP contribution in [0.25, 0.3) is 0 Å². The lowest BCUT2D eigenvalue weighted by atomic mass is 10.0. The summed E-state index contributed by atoms with van der Waals surface area (Å²) in [6.07, 6.45) is 14.4. The minimum absolute atomic E-state index is 0.989. The Morgan fingerprint density at radius 1 is 0.533 bits per heavy atom. The van der Waals surface area contributed by atoms with E-state index in [1.165, 1.54) is 23.7 Å². The zero-order valence-electron chi connectivity index (χ0n) is 9.67. The molecule has 5 rings (SSSR count). The third kappa shape index (κ3) is 0.666.